The predicted molar refractivity (Wildman–Crippen MR) is 68.3 cm³/mol. The van der Waals surface area contributed by atoms with Gasteiger partial charge < -0.3 is 0 Å². The van der Waals surface area contributed by atoms with Crippen LogP contribution >= 0.6 is 39.3 Å². The van der Waals surface area contributed by atoms with Gasteiger partial charge in [-0.1, -0.05) is 24.4 Å². The smallest absolute Gasteiger partial charge is 0.146 e. The Balaban J connectivity index is 1.90. The highest BCUT2D eigenvalue weighted by Gasteiger charge is 2.15. The van der Waals surface area contributed by atoms with E-state index >= 15 is 0 Å². The van der Waals surface area contributed by atoms with Crippen molar-refractivity contribution in [2.24, 2.45) is 0 Å². The van der Waals surface area contributed by atoms with Crippen LogP contribution in [0.25, 0.3) is 0 Å². The summed E-state index contributed by atoms with van der Waals surface area (Å²) in [4.78, 5) is 8.46. The third-order valence-corrected chi connectivity index (χ3v) is 4.97. The van der Waals surface area contributed by atoms with Crippen molar-refractivity contribution in [3.8, 4) is 0 Å². The highest BCUT2D eigenvalue weighted by Crippen LogP contribution is 2.31. The van der Waals surface area contributed by atoms with Crippen molar-refractivity contribution in [1.82, 2.24) is 9.97 Å². The molecule has 1 aliphatic rings. The van der Waals surface area contributed by atoms with Gasteiger partial charge in [0.1, 0.15) is 11.0 Å². The molecule has 0 spiro atoms. The molecule has 1 aromatic heterocycles. The van der Waals surface area contributed by atoms with Crippen LogP contribution in [0.3, 0.4) is 0 Å². The average molecular weight is 308 g/mol. The SMILES string of the molecule is Clc1nc(CSC2CCCC2)ncc1Br. The van der Waals surface area contributed by atoms with E-state index in [4.69, 9.17) is 11.6 Å². The molecule has 0 N–H and O–H groups in total. The molecular formula is C10H12BrClN2S. The normalized spacial score (nSPS) is 17.2. The first-order valence-electron chi connectivity index (χ1n) is 5.04. The number of hydrogen-bond donors (Lipinski definition) is 0. The first-order valence-corrected chi connectivity index (χ1v) is 7.26. The lowest BCUT2D eigenvalue weighted by Gasteiger charge is -2.07. The van der Waals surface area contributed by atoms with Crippen molar-refractivity contribution in [2.45, 2.75) is 36.7 Å². The zero-order valence-corrected chi connectivity index (χ0v) is 11.4. The summed E-state index contributed by atoms with van der Waals surface area (Å²) in [5.41, 5.74) is 0. The van der Waals surface area contributed by atoms with Crippen molar-refractivity contribution in [1.29, 1.82) is 0 Å². The molecule has 0 amide bonds. The standard InChI is InChI=1S/C10H12BrClN2S/c11-8-5-13-9(14-10(8)12)6-15-7-3-1-2-4-7/h5,7H,1-4,6H2. The maximum Gasteiger partial charge on any atom is 0.146 e. The van der Waals surface area contributed by atoms with E-state index < -0.39 is 0 Å². The molecule has 1 aliphatic carbocycles. The van der Waals surface area contributed by atoms with Gasteiger partial charge in [-0.05, 0) is 28.8 Å². The molecule has 0 aromatic carbocycles. The molecule has 5 heteroatoms. The zero-order chi connectivity index (χ0) is 10.7. The van der Waals surface area contributed by atoms with Gasteiger partial charge in [0.05, 0.1) is 10.2 Å². The lowest BCUT2D eigenvalue weighted by Crippen LogP contribution is -1.98. The first kappa shape index (κ1) is 11.7. The van der Waals surface area contributed by atoms with E-state index in [-0.39, 0.29) is 0 Å². The van der Waals surface area contributed by atoms with Crippen molar-refractivity contribution in [3.05, 3.63) is 21.6 Å². The van der Waals surface area contributed by atoms with Gasteiger partial charge in [-0.15, -0.1) is 0 Å². The quantitative estimate of drug-likeness (QED) is 0.787. The molecule has 1 saturated carbocycles. The van der Waals surface area contributed by atoms with Crippen LogP contribution in [0.5, 0.6) is 0 Å². The number of aromatic nitrogens is 2. The lowest BCUT2D eigenvalue weighted by molar-refractivity contribution is 0.886. The van der Waals surface area contributed by atoms with E-state index in [9.17, 15) is 0 Å². The second-order valence-corrected chi connectivity index (χ2v) is 6.14. The summed E-state index contributed by atoms with van der Waals surface area (Å²) in [7, 11) is 0. The summed E-state index contributed by atoms with van der Waals surface area (Å²) in [5.74, 6) is 1.71. The van der Waals surface area contributed by atoms with Gasteiger partial charge >= 0.3 is 0 Å². The Morgan fingerprint density at radius 3 is 2.87 bits per heavy atom. The minimum atomic E-state index is 0.507. The highest BCUT2D eigenvalue weighted by molar-refractivity contribution is 9.10. The monoisotopic (exact) mass is 306 g/mol. The predicted octanol–water partition coefficient (Wildman–Crippen LogP) is 4.07. The van der Waals surface area contributed by atoms with Gasteiger partial charge in [0.15, 0.2) is 0 Å². The van der Waals surface area contributed by atoms with Crippen LogP contribution in [0.1, 0.15) is 31.5 Å². The molecule has 0 saturated heterocycles. The van der Waals surface area contributed by atoms with E-state index in [2.05, 4.69) is 25.9 Å². The van der Waals surface area contributed by atoms with Gasteiger partial charge in [0.25, 0.3) is 0 Å². The third-order valence-electron chi connectivity index (χ3n) is 2.50. The van der Waals surface area contributed by atoms with Crippen LogP contribution in [-0.4, -0.2) is 15.2 Å². The van der Waals surface area contributed by atoms with E-state index in [1.165, 1.54) is 25.7 Å². The number of nitrogens with zero attached hydrogens (tertiary/aromatic N) is 2. The topological polar surface area (TPSA) is 25.8 Å². The maximum absolute atomic E-state index is 5.90. The molecular weight excluding hydrogens is 296 g/mol. The Morgan fingerprint density at radius 1 is 1.47 bits per heavy atom. The number of hydrogen-bond acceptors (Lipinski definition) is 3. The molecule has 0 unspecified atom stereocenters. The summed E-state index contributed by atoms with van der Waals surface area (Å²) < 4.78 is 0.763. The number of thioether (sulfide) groups is 1. The van der Waals surface area contributed by atoms with E-state index in [0.29, 0.717) is 5.15 Å². The van der Waals surface area contributed by atoms with E-state index in [1.807, 2.05) is 11.8 Å². The van der Waals surface area contributed by atoms with Crippen LogP contribution in [-0.2, 0) is 5.75 Å². The summed E-state index contributed by atoms with van der Waals surface area (Å²) in [5, 5.41) is 1.31. The van der Waals surface area contributed by atoms with Crippen molar-refractivity contribution < 1.29 is 0 Å². The summed E-state index contributed by atoms with van der Waals surface area (Å²) >= 11 is 11.1. The lowest BCUT2D eigenvalue weighted by atomic mass is 10.4. The molecule has 1 fully saturated rings. The first-order chi connectivity index (χ1) is 7.25. The Kier molecular flexibility index (Phi) is 4.29. The second kappa shape index (κ2) is 5.51. The maximum atomic E-state index is 5.90. The fraction of sp³-hybridized carbons (Fsp3) is 0.600. The Hall–Kier alpha value is 0.200. The van der Waals surface area contributed by atoms with E-state index in [0.717, 1.165) is 21.3 Å². The molecule has 2 rings (SSSR count). The van der Waals surface area contributed by atoms with Gasteiger partial charge in [0.2, 0.25) is 0 Å². The minimum absolute atomic E-state index is 0.507. The van der Waals surface area contributed by atoms with Crippen molar-refractivity contribution in [2.75, 3.05) is 0 Å². The molecule has 15 heavy (non-hydrogen) atoms. The van der Waals surface area contributed by atoms with Crippen LogP contribution in [0.2, 0.25) is 5.15 Å². The van der Waals surface area contributed by atoms with Crippen molar-refractivity contribution in [3.63, 3.8) is 0 Å². The van der Waals surface area contributed by atoms with Crippen LogP contribution in [0.15, 0.2) is 10.7 Å². The highest BCUT2D eigenvalue weighted by atomic mass is 79.9. The fourth-order valence-electron chi connectivity index (χ4n) is 1.70. The van der Waals surface area contributed by atoms with E-state index in [1.54, 1.807) is 6.20 Å². The van der Waals surface area contributed by atoms with Crippen LogP contribution in [0.4, 0.5) is 0 Å². The molecule has 1 aromatic rings. The largest absolute Gasteiger partial charge is 0.239 e. The van der Waals surface area contributed by atoms with Gasteiger partial charge in [-0.2, -0.15) is 11.8 Å². The summed E-state index contributed by atoms with van der Waals surface area (Å²) in [6.45, 7) is 0. The van der Waals surface area contributed by atoms with Crippen LogP contribution in [0, 0.1) is 0 Å². The van der Waals surface area contributed by atoms with Gasteiger partial charge in [-0.3, -0.25) is 0 Å². The molecule has 0 bridgehead atoms. The van der Waals surface area contributed by atoms with Gasteiger partial charge in [0, 0.05) is 11.4 Å². The third kappa shape index (κ3) is 3.33. The summed E-state index contributed by atoms with van der Waals surface area (Å²) in [6, 6.07) is 0. The fourth-order valence-corrected chi connectivity index (χ4v) is 3.22. The Morgan fingerprint density at radius 2 is 2.20 bits per heavy atom. The molecule has 82 valence electrons. The molecule has 1 heterocycles. The summed E-state index contributed by atoms with van der Waals surface area (Å²) in [6.07, 6.45) is 7.16. The van der Waals surface area contributed by atoms with Crippen molar-refractivity contribution >= 4 is 39.3 Å². The average Bonchev–Trinajstić information content (AvgIpc) is 2.73. The molecule has 2 nitrogen and oxygen atoms in total. The number of rotatable bonds is 3. The molecule has 0 atom stereocenters. The second-order valence-electron chi connectivity index (χ2n) is 3.64. The Labute approximate surface area is 107 Å². The van der Waals surface area contributed by atoms with Crippen LogP contribution < -0.4 is 0 Å². The molecule has 0 radical (unpaired) electrons. The number of halogens is 2. The van der Waals surface area contributed by atoms with Gasteiger partial charge in [-0.25, -0.2) is 9.97 Å². The minimum Gasteiger partial charge on any atom is -0.239 e. The molecule has 0 aliphatic heterocycles. The Bertz CT molecular complexity index is 342. The zero-order valence-electron chi connectivity index (χ0n) is 8.25.